The summed E-state index contributed by atoms with van der Waals surface area (Å²) < 4.78 is 26.9. The predicted octanol–water partition coefficient (Wildman–Crippen LogP) is 2.20. The molecule has 0 atom stereocenters. The molecule has 0 aliphatic carbocycles. The SMILES string of the molecule is CN1CCN(C(=O)C(N)=C2CN(c3cn[nH]c(=O)c3Cl)CCC2=NCc2ccccc2C(F)F)CC1. The van der Waals surface area contributed by atoms with E-state index in [0.29, 0.717) is 48.6 Å². The number of aromatic nitrogens is 2. The number of piperidine rings is 1. The molecule has 2 aliphatic heterocycles. The van der Waals surface area contributed by atoms with E-state index in [9.17, 15) is 18.4 Å². The van der Waals surface area contributed by atoms with E-state index in [2.05, 4.69) is 20.1 Å². The lowest BCUT2D eigenvalue weighted by Gasteiger charge is -2.35. The van der Waals surface area contributed by atoms with Crippen LogP contribution in [0.15, 0.2) is 51.5 Å². The molecule has 0 unspecified atom stereocenters. The minimum Gasteiger partial charge on any atom is -0.394 e. The van der Waals surface area contributed by atoms with Gasteiger partial charge in [0.25, 0.3) is 17.9 Å². The van der Waals surface area contributed by atoms with Gasteiger partial charge in [0.15, 0.2) is 0 Å². The molecule has 0 bridgehead atoms. The first kappa shape index (κ1) is 25.8. The summed E-state index contributed by atoms with van der Waals surface area (Å²) in [7, 11) is 1.99. The Balaban J connectivity index is 1.68. The largest absolute Gasteiger partial charge is 0.394 e. The summed E-state index contributed by atoms with van der Waals surface area (Å²) in [6.45, 7) is 3.20. The number of nitrogens with one attached hydrogen (secondary N) is 1. The Hall–Kier alpha value is -3.31. The number of H-pyrrole nitrogens is 1. The maximum absolute atomic E-state index is 13.5. The Bertz CT molecular complexity index is 1240. The van der Waals surface area contributed by atoms with Crippen LogP contribution in [0, 0.1) is 0 Å². The van der Waals surface area contributed by atoms with Gasteiger partial charge < -0.3 is 20.4 Å². The number of hydrogen-bond donors (Lipinski definition) is 2. The van der Waals surface area contributed by atoms with Crippen molar-refractivity contribution in [3.8, 4) is 0 Å². The minimum atomic E-state index is -2.62. The lowest BCUT2D eigenvalue weighted by molar-refractivity contribution is -0.128. The second-order valence-electron chi connectivity index (χ2n) is 8.82. The number of benzene rings is 1. The van der Waals surface area contributed by atoms with Crippen molar-refractivity contribution in [1.82, 2.24) is 20.0 Å². The molecule has 9 nitrogen and oxygen atoms in total. The zero-order valence-corrected chi connectivity index (χ0v) is 20.6. The second kappa shape index (κ2) is 11.2. The Kier molecular flexibility index (Phi) is 8.00. The molecule has 3 heterocycles. The van der Waals surface area contributed by atoms with Crippen LogP contribution in [0.5, 0.6) is 0 Å². The number of halogens is 3. The molecule has 1 amide bonds. The monoisotopic (exact) mass is 519 g/mol. The van der Waals surface area contributed by atoms with Crippen LogP contribution in [0.4, 0.5) is 14.5 Å². The average molecular weight is 520 g/mol. The van der Waals surface area contributed by atoms with E-state index in [1.807, 2.05) is 11.9 Å². The van der Waals surface area contributed by atoms with E-state index in [-0.39, 0.29) is 35.3 Å². The van der Waals surface area contributed by atoms with Gasteiger partial charge >= 0.3 is 0 Å². The van der Waals surface area contributed by atoms with E-state index in [0.717, 1.165) is 13.1 Å². The molecular formula is C24H28ClF2N7O2. The van der Waals surface area contributed by atoms with Gasteiger partial charge in [0.05, 0.1) is 18.4 Å². The first-order valence-electron chi connectivity index (χ1n) is 11.6. The number of nitrogens with two attached hydrogens (primary N) is 1. The highest BCUT2D eigenvalue weighted by Crippen LogP contribution is 2.28. The molecule has 3 N–H and O–H groups in total. The summed E-state index contributed by atoms with van der Waals surface area (Å²) in [4.78, 5) is 35.6. The highest BCUT2D eigenvalue weighted by molar-refractivity contribution is 6.33. The molecule has 12 heteroatoms. The smallest absolute Gasteiger partial charge is 0.285 e. The number of alkyl halides is 2. The summed E-state index contributed by atoms with van der Waals surface area (Å²) in [6.07, 6.45) is -0.791. The molecule has 0 saturated carbocycles. The summed E-state index contributed by atoms with van der Waals surface area (Å²) in [6, 6.07) is 6.25. The number of piperazine rings is 1. The molecular weight excluding hydrogens is 492 g/mol. The van der Waals surface area contributed by atoms with Gasteiger partial charge in [-0.15, -0.1) is 0 Å². The maximum Gasteiger partial charge on any atom is 0.285 e. The number of aliphatic imine (C=N–C) groups is 1. The standard InChI is InChI=1S/C24H28ClF2N7O2/c1-32-8-10-33(11-9-32)24(36)21(28)17-14-34(19-13-30-31-23(35)20(19)25)7-6-18(17)29-12-15-4-2-3-5-16(15)22(26)27/h2-5,13,22H,6-12,14,28H2,1H3,(H,31,35). The normalized spacial score (nSPS) is 19.8. The Morgan fingerprint density at radius 1 is 1.22 bits per heavy atom. The summed E-state index contributed by atoms with van der Waals surface area (Å²) >= 11 is 6.22. The van der Waals surface area contributed by atoms with Crippen LogP contribution >= 0.6 is 11.6 Å². The number of aromatic amines is 1. The van der Waals surface area contributed by atoms with Crippen molar-refractivity contribution in [2.75, 3.05) is 51.2 Å². The summed E-state index contributed by atoms with van der Waals surface area (Å²) in [5.41, 5.74) is 7.78. The second-order valence-corrected chi connectivity index (χ2v) is 9.20. The number of amides is 1. The highest BCUT2D eigenvalue weighted by atomic mass is 35.5. The fourth-order valence-corrected chi connectivity index (χ4v) is 4.56. The van der Waals surface area contributed by atoms with Crippen molar-refractivity contribution in [2.24, 2.45) is 10.7 Å². The number of carbonyl (C=O) groups is 1. The number of anilines is 1. The van der Waals surface area contributed by atoms with Gasteiger partial charge in [0, 0.05) is 62.5 Å². The first-order chi connectivity index (χ1) is 17.3. The molecule has 2 saturated heterocycles. The molecule has 4 rings (SSSR count). The van der Waals surface area contributed by atoms with Gasteiger partial charge in [-0.25, -0.2) is 13.9 Å². The topological polar surface area (TPSA) is 111 Å². The van der Waals surface area contributed by atoms with Gasteiger partial charge in [-0.1, -0.05) is 35.9 Å². The van der Waals surface area contributed by atoms with Crippen molar-refractivity contribution in [2.45, 2.75) is 19.4 Å². The van der Waals surface area contributed by atoms with E-state index < -0.39 is 12.0 Å². The van der Waals surface area contributed by atoms with Crippen LogP contribution in [0.1, 0.15) is 24.0 Å². The van der Waals surface area contributed by atoms with Crippen molar-refractivity contribution >= 4 is 28.9 Å². The molecule has 0 spiro atoms. The van der Waals surface area contributed by atoms with Crippen LogP contribution in [-0.4, -0.2) is 77.9 Å². The third-order valence-corrected chi connectivity index (χ3v) is 6.88. The number of likely N-dealkylation sites (N-methyl/N-ethyl adjacent to an activating group) is 1. The van der Waals surface area contributed by atoms with E-state index in [4.69, 9.17) is 17.3 Å². The van der Waals surface area contributed by atoms with Gasteiger partial charge in [-0.3, -0.25) is 14.6 Å². The van der Waals surface area contributed by atoms with Crippen LogP contribution in [0.25, 0.3) is 0 Å². The van der Waals surface area contributed by atoms with Crippen LogP contribution in [0.2, 0.25) is 5.02 Å². The lowest BCUT2D eigenvalue weighted by Crippen LogP contribution is -2.49. The molecule has 192 valence electrons. The van der Waals surface area contributed by atoms with Crippen molar-refractivity contribution in [3.63, 3.8) is 0 Å². The first-order valence-corrected chi connectivity index (χ1v) is 12.0. The Morgan fingerprint density at radius 2 is 1.94 bits per heavy atom. The summed E-state index contributed by atoms with van der Waals surface area (Å²) in [5.74, 6) is -0.296. The molecule has 2 aliphatic rings. The molecule has 2 aromatic rings. The van der Waals surface area contributed by atoms with E-state index in [1.165, 1.54) is 12.3 Å². The fourth-order valence-electron chi connectivity index (χ4n) is 4.35. The Morgan fingerprint density at radius 3 is 2.67 bits per heavy atom. The zero-order chi connectivity index (χ0) is 25.8. The maximum atomic E-state index is 13.5. The van der Waals surface area contributed by atoms with Crippen molar-refractivity contribution in [1.29, 1.82) is 0 Å². The summed E-state index contributed by atoms with van der Waals surface area (Å²) in [5, 5.41) is 6.11. The molecule has 1 aromatic heterocycles. The zero-order valence-electron chi connectivity index (χ0n) is 19.9. The van der Waals surface area contributed by atoms with Crippen LogP contribution < -0.4 is 16.2 Å². The van der Waals surface area contributed by atoms with Crippen LogP contribution in [0.3, 0.4) is 0 Å². The van der Waals surface area contributed by atoms with Gasteiger partial charge in [-0.2, -0.15) is 5.10 Å². The lowest BCUT2D eigenvalue weighted by atomic mass is 9.98. The quantitative estimate of drug-likeness (QED) is 0.586. The minimum absolute atomic E-state index is 0.0143. The highest BCUT2D eigenvalue weighted by Gasteiger charge is 2.29. The van der Waals surface area contributed by atoms with Gasteiger partial charge in [0.1, 0.15) is 10.7 Å². The number of carbonyl (C=O) groups excluding carboxylic acids is 1. The Labute approximate surface area is 212 Å². The van der Waals surface area contributed by atoms with Crippen molar-refractivity contribution in [3.05, 3.63) is 68.2 Å². The molecule has 2 fully saturated rings. The van der Waals surface area contributed by atoms with Crippen LogP contribution in [-0.2, 0) is 11.3 Å². The van der Waals surface area contributed by atoms with Gasteiger partial charge in [0.2, 0.25) is 0 Å². The predicted molar refractivity (Wildman–Crippen MR) is 135 cm³/mol. The third kappa shape index (κ3) is 5.57. The van der Waals surface area contributed by atoms with Crippen molar-refractivity contribution < 1.29 is 13.6 Å². The fraction of sp³-hybridized carbons (Fsp3) is 0.417. The van der Waals surface area contributed by atoms with E-state index >= 15 is 0 Å². The molecule has 1 aromatic carbocycles. The number of rotatable bonds is 5. The van der Waals surface area contributed by atoms with E-state index in [1.54, 1.807) is 23.1 Å². The number of hydrogen-bond acceptors (Lipinski definition) is 7. The number of nitrogens with zero attached hydrogens (tertiary/aromatic N) is 5. The van der Waals surface area contributed by atoms with Gasteiger partial charge in [-0.05, 0) is 12.6 Å². The molecule has 0 radical (unpaired) electrons. The average Bonchev–Trinajstić information content (AvgIpc) is 2.88. The molecule has 36 heavy (non-hydrogen) atoms. The third-order valence-electron chi connectivity index (χ3n) is 6.51.